The minimum atomic E-state index is -0.0299. The van der Waals surface area contributed by atoms with Crippen LogP contribution in [-0.4, -0.2) is 17.4 Å². The Balaban J connectivity index is 2.02. The van der Waals surface area contributed by atoms with Gasteiger partial charge in [-0.3, -0.25) is 4.79 Å². The average molecular weight is 289 g/mol. The van der Waals surface area contributed by atoms with Gasteiger partial charge >= 0.3 is 0 Å². The number of amides is 1. The average Bonchev–Trinajstić information content (AvgIpc) is 2.93. The van der Waals surface area contributed by atoms with Crippen LogP contribution in [0.25, 0.3) is 11.3 Å². The van der Waals surface area contributed by atoms with Crippen LogP contribution < -0.4 is 11.1 Å². The lowest BCUT2D eigenvalue weighted by Crippen LogP contribution is -2.13. The number of hydrogen-bond donors (Lipinski definition) is 2. The third kappa shape index (κ3) is 3.88. The second-order valence-electron chi connectivity index (χ2n) is 4.53. The summed E-state index contributed by atoms with van der Waals surface area (Å²) in [4.78, 5) is 16.0. The third-order valence-electron chi connectivity index (χ3n) is 3.02. The molecule has 106 valence electrons. The first-order valence-corrected chi connectivity index (χ1v) is 7.65. The number of benzene rings is 1. The van der Waals surface area contributed by atoms with Gasteiger partial charge in [0.05, 0.1) is 5.69 Å². The molecule has 0 saturated carbocycles. The number of hydrogen-bond acceptors (Lipinski definition) is 4. The number of nitrogens with two attached hydrogens (primary N) is 1. The minimum Gasteiger partial charge on any atom is -0.330 e. The molecule has 4 nitrogen and oxygen atoms in total. The Bertz CT molecular complexity index is 563. The van der Waals surface area contributed by atoms with Crippen LogP contribution in [0.4, 0.5) is 5.13 Å². The predicted octanol–water partition coefficient (Wildman–Crippen LogP) is 3.05. The molecule has 0 unspecified atom stereocenters. The molecule has 1 aromatic carbocycles. The van der Waals surface area contributed by atoms with Gasteiger partial charge < -0.3 is 11.1 Å². The van der Waals surface area contributed by atoms with E-state index in [1.54, 1.807) is 0 Å². The summed E-state index contributed by atoms with van der Waals surface area (Å²) in [6, 6.07) is 8.34. The Morgan fingerprint density at radius 2 is 2.10 bits per heavy atom. The number of carbonyl (C=O) groups excluding carboxylic acids is 1. The van der Waals surface area contributed by atoms with Crippen LogP contribution in [0.15, 0.2) is 29.6 Å². The number of nitrogens with zero attached hydrogens (tertiary/aromatic N) is 1. The summed E-state index contributed by atoms with van der Waals surface area (Å²) in [5, 5.41) is 5.40. The van der Waals surface area contributed by atoms with Crippen molar-refractivity contribution < 1.29 is 4.79 Å². The van der Waals surface area contributed by atoms with E-state index < -0.39 is 0 Å². The van der Waals surface area contributed by atoms with E-state index >= 15 is 0 Å². The Morgan fingerprint density at radius 1 is 1.35 bits per heavy atom. The van der Waals surface area contributed by atoms with E-state index in [2.05, 4.69) is 41.5 Å². The van der Waals surface area contributed by atoms with Crippen molar-refractivity contribution in [2.75, 3.05) is 11.9 Å². The van der Waals surface area contributed by atoms with Gasteiger partial charge in [0.15, 0.2) is 5.13 Å². The zero-order valence-corrected chi connectivity index (χ0v) is 12.4. The lowest BCUT2D eigenvalue weighted by atomic mass is 10.1. The fraction of sp³-hybridized carbons (Fsp3) is 0.333. The van der Waals surface area contributed by atoms with Crippen molar-refractivity contribution in [3.8, 4) is 11.3 Å². The van der Waals surface area contributed by atoms with Gasteiger partial charge in [-0.05, 0) is 24.9 Å². The van der Waals surface area contributed by atoms with Crippen LogP contribution in [0.2, 0.25) is 0 Å². The number of carbonyl (C=O) groups is 1. The zero-order chi connectivity index (χ0) is 14.4. The van der Waals surface area contributed by atoms with Crippen LogP contribution >= 0.6 is 11.3 Å². The number of thiazole rings is 1. The van der Waals surface area contributed by atoms with E-state index in [0.29, 0.717) is 24.5 Å². The van der Waals surface area contributed by atoms with Gasteiger partial charge in [-0.25, -0.2) is 4.98 Å². The van der Waals surface area contributed by atoms with Crippen LogP contribution in [0.3, 0.4) is 0 Å². The summed E-state index contributed by atoms with van der Waals surface area (Å²) in [7, 11) is 0. The third-order valence-corrected chi connectivity index (χ3v) is 3.77. The SMILES string of the molecule is CCc1ccc(-c2csc(NC(=O)CCCN)n2)cc1. The molecule has 3 N–H and O–H groups in total. The van der Waals surface area contributed by atoms with Gasteiger partial charge in [0, 0.05) is 17.4 Å². The summed E-state index contributed by atoms with van der Waals surface area (Å²) in [5.41, 5.74) is 8.65. The zero-order valence-electron chi connectivity index (χ0n) is 11.6. The summed E-state index contributed by atoms with van der Waals surface area (Å²) in [6.45, 7) is 2.66. The molecule has 2 rings (SSSR count). The number of aromatic nitrogens is 1. The Hall–Kier alpha value is -1.72. The topological polar surface area (TPSA) is 68.0 Å². The highest BCUT2D eigenvalue weighted by Gasteiger charge is 2.07. The standard InChI is InChI=1S/C15H19N3OS/c1-2-11-5-7-12(8-6-11)13-10-20-15(17-13)18-14(19)4-3-9-16/h5-8,10H,2-4,9,16H2,1H3,(H,17,18,19). The van der Waals surface area contributed by atoms with Crippen molar-refractivity contribution in [3.05, 3.63) is 35.2 Å². The van der Waals surface area contributed by atoms with Crippen molar-refractivity contribution in [2.45, 2.75) is 26.2 Å². The smallest absolute Gasteiger partial charge is 0.226 e. The normalized spacial score (nSPS) is 10.5. The quantitative estimate of drug-likeness (QED) is 0.859. The molecule has 1 aromatic heterocycles. The lowest BCUT2D eigenvalue weighted by molar-refractivity contribution is -0.116. The summed E-state index contributed by atoms with van der Waals surface area (Å²) in [5.74, 6) is -0.0299. The fourth-order valence-electron chi connectivity index (χ4n) is 1.82. The number of aryl methyl sites for hydroxylation is 1. The highest BCUT2D eigenvalue weighted by molar-refractivity contribution is 7.14. The molecule has 0 fully saturated rings. The molecule has 0 spiro atoms. The first-order chi connectivity index (χ1) is 9.72. The van der Waals surface area contributed by atoms with E-state index in [0.717, 1.165) is 17.7 Å². The first-order valence-electron chi connectivity index (χ1n) is 6.77. The largest absolute Gasteiger partial charge is 0.330 e. The molecule has 0 aliphatic heterocycles. The molecule has 0 radical (unpaired) electrons. The molecule has 2 aromatic rings. The molecule has 5 heteroatoms. The minimum absolute atomic E-state index is 0.0299. The molecule has 0 bridgehead atoms. The Kier molecular flexibility index (Phi) is 5.26. The molecule has 0 aliphatic rings. The fourth-order valence-corrected chi connectivity index (χ4v) is 2.56. The van der Waals surface area contributed by atoms with Crippen molar-refractivity contribution in [2.24, 2.45) is 5.73 Å². The van der Waals surface area contributed by atoms with E-state index in [1.807, 2.05) is 5.38 Å². The molecule has 1 heterocycles. The molecule has 0 atom stereocenters. The Morgan fingerprint density at radius 3 is 2.75 bits per heavy atom. The highest BCUT2D eigenvalue weighted by atomic mass is 32.1. The number of rotatable bonds is 6. The van der Waals surface area contributed by atoms with Gasteiger partial charge in [0.1, 0.15) is 0 Å². The van der Waals surface area contributed by atoms with Crippen molar-refractivity contribution in [3.63, 3.8) is 0 Å². The van der Waals surface area contributed by atoms with Gasteiger partial charge in [-0.2, -0.15) is 0 Å². The van der Waals surface area contributed by atoms with Crippen molar-refractivity contribution >= 4 is 22.4 Å². The van der Waals surface area contributed by atoms with Crippen LogP contribution in [0, 0.1) is 0 Å². The molecule has 1 amide bonds. The van der Waals surface area contributed by atoms with Crippen LogP contribution in [0.5, 0.6) is 0 Å². The summed E-state index contributed by atoms with van der Waals surface area (Å²) >= 11 is 1.44. The van der Waals surface area contributed by atoms with Crippen LogP contribution in [-0.2, 0) is 11.2 Å². The first kappa shape index (κ1) is 14.7. The van der Waals surface area contributed by atoms with Gasteiger partial charge in [0.25, 0.3) is 0 Å². The maximum absolute atomic E-state index is 11.6. The van der Waals surface area contributed by atoms with E-state index in [9.17, 15) is 4.79 Å². The maximum atomic E-state index is 11.6. The maximum Gasteiger partial charge on any atom is 0.226 e. The second kappa shape index (κ2) is 7.17. The Labute approximate surface area is 123 Å². The predicted molar refractivity (Wildman–Crippen MR) is 83.8 cm³/mol. The lowest BCUT2D eigenvalue weighted by Gasteiger charge is -2.01. The molecule has 0 saturated heterocycles. The summed E-state index contributed by atoms with van der Waals surface area (Å²) < 4.78 is 0. The second-order valence-corrected chi connectivity index (χ2v) is 5.39. The monoisotopic (exact) mass is 289 g/mol. The molecular weight excluding hydrogens is 270 g/mol. The summed E-state index contributed by atoms with van der Waals surface area (Å²) in [6.07, 6.45) is 2.17. The molecular formula is C15H19N3OS. The van der Waals surface area contributed by atoms with Gasteiger partial charge in [-0.15, -0.1) is 11.3 Å². The number of nitrogens with one attached hydrogen (secondary N) is 1. The van der Waals surface area contributed by atoms with E-state index in [-0.39, 0.29) is 5.91 Å². The van der Waals surface area contributed by atoms with Gasteiger partial charge in [0.2, 0.25) is 5.91 Å². The van der Waals surface area contributed by atoms with E-state index in [4.69, 9.17) is 5.73 Å². The highest BCUT2D eigenvalue weighted by Crippen LogP contribution is 2.25. The van der Waals surface area contributed by atoms with Crippen LogP contribution in [0.1, 0.15) is 25.3 Å². The molecule has 0 aliphatic carbocycles. The van der Waals surface area contributed by atoms with Gasteiger partial charge in [-0.1, -0.05) is 31.2 Å². The molecule has 20 heavy (non-hydrogen) atoms. The van der Waals surface area contributed by atoms with Crippen molar-refractivity contribution in [1.29, 1.82) is 0 Å². The van der Waals surface area contributed by atoms with Crippen molar-refractivity contribution in [1.82, 2.24) is 4.98 Å². The van der Waals surface area contributed by atoms with E-state index in [1.165, 1.54) is 16.9 Å². The number of anilines is 1.